The number of guanidine groups is 1. The number of aliphatic imine (C=N–C) groups is 1. The first-order chi connectivity index (χ1) is 20.1. The van der Waals surface area contributed by atoms with Crippen molar-refractivity contribution in [2.45, 2.75) is 36.2 Å². The van der Waals surface area contributed by atoms with E-state index in [4.69, 9.17) is 0 Å². The molecule has 0 aromatic heterocycles. The zero-order chi connectivity index (χ0) is 30.1. The van der Waals surface area contributed by atoms with E-state index in [1.165, 1.54) is 12.1 Å². The van der Waals surface area contributed by atoms with Gasteiger partial charge < -0.3 is 31.7 Å². The topological polar surface area (TPSA) is 198 Å². The van der Waals surface area contributed by atoms with E-state index in [9.17, 15) is 32.7 Å². The lowest BCUT2D eigenvalue weighted by Crippen LogP contribution is -2.51. The first-order valence-electron chi connectivity index (χ1n) is 13.4. The Hall–Kier alpha value is -4.50. The molecule has 2 atom stereocenters. The molecule has 42 heavy (non-hydrogen) atoms. The molecule has 2 aliphatic heterocycles. The van der Waals surface area contributed by atoms with Gasteiger partial charge in [0.2, 0.25) is 27.7 Å². The van der Waals surface area contributed by atoms with Crippen molar-refractivity contribution in [3.63, 3.8) is 0 Å². The Morgan fingerprint density at radius 1 is 1.02 bits per heavy atom. The van der Waals surface area contributed by atoms with Crippen LogP contribution in [0.25, 0.3) is 0 Å². The minimum absolute atomic E-state index is 0.0310. The van der Waals surface area contributed by atoms with E-state index >= 15 is 0 Å². The summed E-state index contributed by atoms with van der Waals surface area (Å²) in [5, 5.41) is 23.2. The molecule has 6 N–H and O–H groups in total. The van der Waals surface area contributed by atoms with Crippen molar-refractivity contribution in [2.24, 2.45) is 4.99 Å². The van der Waals surface area contributed by atoms with Gasteiger partial charge in [0.25, 0.3) is 0 Å². The number of nitrogens with zero attached hydrogens (tertiary/aromatic N) is 2. The average Bonchev–Trinajstić information content (AvgIpc) is 3.69. The Bertz CT molecular complexity index is 1430. The quantitative estimate of drug-likeness (QED) is 0.182. The Morgan fingerprint density at radius 3 is 2.43 bits per heavy atom. The number of anilines is 1. The number of sulfonamides is 1. The lowest BCUT2D eigenvalue weighted by atomic mass is 10.0. The van der Waals surface area contributed by atoms with Gasteiger partial charge in [-0.1, -0.05) is 30.3 Å². The fourth-order valence-electron chi connectivity index (χ4n) is 4.57. The smallest absolute Gasteiger partial charge is 0.326 e. The van der Waals surface area contributed by atoms with Crippen LogP contribution in [0.1, 0.15) is 18.4 Å². The fraction of sp³-hybridized carbons (Fsp3) is 0.370. The zero-order valence-corrected chi connectivity index (χ0v) is 23.5. The second-order valence-electron chi connectivity index (χ2n) is 9.72. The molecule has 0 unspecified atom stereocenters. The van der Waals surface area contributed by atoms with Crippen LogP contribution in [0.5, 0.6) is 0 Å². The zero-order valence-electron chi connectivity index (χ0n) is 22.7. The van der Waals surface area contributed by atoms with Crippen molar-refractivity contribution in [3.05, 3.63) is 60.2 Å². The Kier molecular flexibility index (Phi) is 10.1. The van der Waals surface area contributed by atoms with Crippen molar-refractivity contribution < 1.29 is 32.7 Å². The van der Waals surface area contributed by atoms with Gasteiger partial charge in [-0.15, -0.1) is 0 Å². The minimum atomic E-state index is -3.92. The molecule has 2 aliphatic rings. The molecule has 2 heterocycles. The predicted octanol–water partition coefficient (Wildman–Crippen LogP) is -0.745. The lowest BCUT2D eigenvalue weighted by molar-refractivity contribution is -0.142. The molecule has 224 valence electrons. The summed E-state index contributed by atoms with van der Waals surface area (Å²) in [5.74, 6) is -2.23. The largest absolute Gasteiger partial charge is 0.480 e. The number of hydrogen-bond acceptors (Lipinski definition) is 9. The Balaban J connectivity index is 1.28. The first-order valence-corrected chi connectivity index (χ1v) is 14.9. The summed E-state index contributed by atoms with van der Waals surface area (Å²) in [4.78, 5) is 53.3. The van der Waals surface area contributed by atoms with Gasteiger partial charge >= 0.3 is 5.97 Å². The highest BCUT2D eigenvalue weighted by atomic mass is 32.2. The van der Waals surface area contributed by atoms with E-state index in [1.807, 2.05) is 0 Å². The fourth-order valence-corrected chi connectivity index (χ4v) is 6.25. The molecule has 1 saturated heterocycles. The van der Waals surface area contributed by atoms with Crippen molar-refractivity contribution in [2.75, 3.05) is 38.0 Å². The molecule has 3 amide bonds. The van der Waals surface area contributed by atoms with Gasteiger partial charge in [0.15, 0.2) is 5.96 Å². The Morgan fingerprint density at radius 2 is 1.76 bits per heavy atom. The molecule has 1 fully saturated rings. The molecular weight excluding hydrogens is 566 g/mol. The summed E-state index contributed by atoms with van der Waals surface area (Å²) in [5.41, 5.74) is 1.01. The molecule has 0 bridgehead atoms. The Labute approximate surface area is 243 Å². The maximum atomic E-state index is 13.1. The van der Waals surface area contributed by atoms with Gasteiger partial charge in [0, 0.05) is 25.2 Å². The van der Waals surface area contributed by atoms with Gasteiger partial charge in [-0.25, -0.2) is 13.2 Å². The standard InChI is InChI=1S/C27H33N7O7S/c35-23(16-31-27-28-12-13-29-27)30-17-24(36)32-19-10-8-18(9-11-19)15-21(26(38)39)33-25(37)22-7-4-14-34(22)42(40,41)20-5-2-1-3-6-20/h1-3,5-6,8-11,21-22H,4,7,12-17H2,(H,30,35)(H,32,36)(H,33,37)(H,38,39)(H2,28,29,31)/t21-,22-/m0/s1. The second-order valence-corrected chi connectivity index (χ2v) is 11.6. The van der Waals surface area contributed by atoms with Crippen molar-refractivity contribution >= 4 is 45.4 Å². The number of benzene rings is 2. The van der Waals surface area contributed by atoms with E-state index in [0.29, 0.717) is 36.7 Å². The summed E-state index contributed by atoms with van der Waals surface area (Å²) in [6.45, 7) is 1.23. The maximum absolute atomic E-state index is 13.1. The molecular formula is C27H33N7O7S. The number of hydrogen-bond donors (Lipinski definition) is 6. The van der Waals surface area contributed by atoms with Crippen molar-refractivity contribution in [1.82, 2.24) is 25.6 Å². The molecule has 14 nitrogen and oxygen atoms in total. The normalized spacial score (nSPS) is 17.4. The third-order valence-electron chi connectivity index (χ3n) is 6.68. The van der Waals surface area contributed by atoms with E-state index in [2.05, 4.69) is 31.6 Å². The van der Waals surface area contributed by atoms with Crippen LogP contribution in [0.15, 0.2) is 64.5 Å². The van der Waals surface area contributed by atoms with Crippen LogP contribution in [0.3, 0.4) is 0 Å². The average molecular weight is 600 g/mol. The minimum Gasteiger partial charge on any atom is -0.480 e. The van der Waals surface area contributed by atoms with Gasteiger partial charge in [-0.3, -0.25) is 19.4 Å². The van der Waals surface area contributed by atoms with Crippen LogP contribution in [0, 0.1) is 0 Å². The van der Waals surface area contributed by atoms with Crippen LogP contribution < -0.4 is 26.6 Å². The van der Waals surface area contributed by atoms with Crippen LogP contribution in [-0.2, 0) is 35.6 Å². The molecule has 0 radical (unpaired) electrons. The highest BCUT2D eigenvalue weighted by Gasteiger charge is 2.40. The van der Waals surface area contributed by atoms with E-state index in [0.717, 1.165) is 4.31 Å². The molecule has 2 aromatic rings. The molecule has 15 heteroatoms. The summed E-state index contributed by atoms with van der Waals surface area (Å²) >= 11 is 0. The van der Waals surface area contributed by atoms with E-state index in [1.54, 1.807) is 42.5 Å². The third-order valence-corrected chi connectivity index (χ3v) is 8.61. The SMILES string of the molecule is O=C(CNC1=NCCN1)NCC(=O)Nc1ccc(C[C@H](NC(=O)[C@@H]2CCCN2S(=O)(=O)c2ccccc2)C(=O)O)cc1. The van der Waals surface area contributed by atoms with Crippen LogP contribution in [0.2, 0.25) is 0 Å². The molecule has 0 spiro atoms. The molecule has 2 aromatic carbocycles. The van der Waals surface area contributed by atoms with Gasteiger partial charge in [-0.2, -0.15) is 4.31 Å². The number of carbonyl (C=O) groups is 4. The predicted molar refractivity (Wildman–Crippen MR) is 153 cm³/mol. The van der Waals surface area contributed by atoms with Crippen LogP contribution >= 0.6 is 0 Å². The van der Waals surface area contributed by atoms with Gasteiger partial charge in [0.05, 0.1) is 24.5 Å². The maximum Gasteiger partial charge on any atom is 0.326 e. The first kappa shape index (κ1) is 30.5. The summed E-state index contributed by atoms with van der Waals surface area (Å²) in [6, 6.07) is 11.8. The number of aliphatic carboxylic acids is 1. The molecule has 0 aliphatic carbocycles. The van der Waals surface area contributed by atoms with Crippen molar-refractivity contribution in [1.29, 1.82) is 0 Å². The van der Waals surface area contributed by atoms with E-state index < -0.39 is 39.9 Å². The monoisotopic (exact) mass is 599 g/mol. The number of carboxylic acid groups (broad SMARTS) is 1. The number of carbonyl (C=O) groups excluding carboxylic acids is 3. The summed E-state index contributed by atoms with van der Waals surface area (Å²) < 4.78 is 27.3. The molecule has 4 rings (SSSR count). The van der Waals surface area contributed by atoms with Crippen LogP contribution in [-0.4, -0.2) is 92.3 Å². The third kappa shape index (κ3) is 8.04. The highest BCUT2D eigenvalue weighted by molar-refractivity contribution is 7.89. The number of nitrogens with one attached hydrogen (secondary N) is 5. The summed E-state index contributed by atoms with van der Waals surface area (Å²) in [7, 11) is -3.92. The van der Waals surface area contributed by atoms with E-state index in [-0.39, 0.29) is 43.3 Å². The lowest BCUT2D eigenvalue weighted by Gasteiger charge is -2.25. The number of rotatable bonds is 12. The summed E-state index contributed by atoms with van der Waals surface area (Å²) in [6.07, 6.45) is 0.696. The van der Waals surface area contributed by atoms with Crippen molar-refractivity contribution in [3.8, 4) is 0 Å². The highest BCUT2D eigenvalue weighted by Crippen LogP contribution is 2.26. The molecule has 0 saturated carbocycles. The second kappa shape index (κ2) is 13.9. The van der Waals surface area contributed by atoms with Gasteiger partial charge in [0.1, 0.15) is 12.1 Å². The van der Waals surface area contributed by atoms with Crippen LogP contribution in [0.4, 0.5) is 5.69 Å². The number of carboxylic acids is 1. The van der Waals surface area contributed by atoms with Gasteiger partial charge in [-0.05, 0) is 42.7 Å². The number of amides is 3.